The maximum atomic E-state index is 3.63. The summed E-state index contributed by atoms with van der Waals surface area (Å²) in [5.74, 6) is 0. The molecule has 0 aliphatic carbocycles. The van der Waals surface area contributed by atoms with Crippen LogP contribution in [-0.2, 0) is 6.42 Å². The maximum Gasteiger partial charge on any atom is 0.0368 e. The number of hydrogen-bond acceptors (Lipinski definition) is 2. The second-order valence-corrected chi connectivity index (χ2v) is 6.29. The largest absolute Gasteiger partial charge is 0.310 e. The lowest BCUT2D eigenvalue weighted by Crippen LogP contribution is -2.23. The van der Waals surface area contributed by atoms with Gasteiger partial charge in [0, 0.05) is 21.8 Å². The SMILES string of the molecule is CCCNC(Cc1cccs1)c1ccc(Br)cc1. The molecule has 0 radical (unpaired) electrons. The molecular formula is C15H18BrNS. The van der Waals surface area contributed by atoms with E-state index < -0.39 is 0 Å². The monoisotopic (exact) mass is 323 g/mol. The molecule has 0 aliphatic rings. The van der Waals surface area contributed by atoms with E-state index >= 15 is 0 Å². The Morgan fingerprint density at radius 3 is 2.61 bits per heavy atom. The van der Waals surface area contributed by atoms with Crippen molar-refractivity contribution in [2.24, 2.45) is 0 Å². The number of halogens is 1. The van der Waals surface area contributed by atoms with Gasteiger partial charge >= 0.3 is 0 Å². The predicted octanol–water partition coefficient (Wildman–Crippen LogP) is 4.79. The van der Waals surface area contributed by atoms with Gasteiger partial charge in [0.15, 0.2) is 0 Å². The van der Waals surface area contributed by atoms with E-state index in [0.717, 1.165) is 23.9 Å². The third-order valence-corrected chi connectivity index (χ3v) is 4.33. The minimum Gasteiger partial charge on any atom is -0.310 e. The summed E-state index contributed by atoms with van der Waals surface area (Å²) in [6.07, 6.45) is 2.23. The zero-order chi connectivity index (χ0) is 12.8. The predicted molar refractivity (Wildman–Crippen MR) is 83.2 cm³/mol. The zero-order valence-electron chi connectivity index (χ0n) is 10.5. The van der Waals surface area contributed by atoms with E-state index in [1.54, 1.807) is 0 Å². The first-order valence-corrected chi connectivity index (χ1v) is 7.98. The van der Waals surface area contributed by atoms with E-state index in [1.165, 1.54) is 10.4 Å². The van der Waals surface area contributed by atoms with Gasteiger partial charge in [0.25, 0.3) is 0 Å². The van der Waals surface area contributed by atoms with E-state index in [9.17, 15) is 0 Å². The topological polar surface area (TPSA) is 12.0 Å². The van der Waals surface area contributed by atoms with Gasteiger partial charge in [0.05, 0.1) is 0 Å². The van der Waals surface area contributed by atoms with Crippen LogP contribution >= 0.6 is 27.3 Å². The Kier molecular flexibility index (Phi) is 5.42. The average molecular weight is 324 g/mol. The second kappa shape index (κ2) is 7.07. The van der Waals surface area contributed by atoms with Crippen LogP contribution in [0.4, 0.5) is 0 Å². The molecular weight excluding hydrogens is 306 g/mol. The number of hydrogen-bond donors (Lipinski definition) is 1. The fourth-order valence-electron chi connectivity index (χ4n) is 1.95. The Morgan fingerprint density at radius 1 is 1.22 bits per heavy atom. The highest BCUT2D eigenvalue weighted by Gasteiger charge is 2.11. The molecule has 2 rings (SSSR count). The van der Waals surface area contributed by atoms with Gasteiger partial charge in [0.2, 0.25) is 0 Å². The van der Waals surface area contributed by atoms with Crippen LogP contribution in [0.25, 0.3) is 0 Å². The first-order valence-electron chi connectivity index (χ1n) is 6.31. The van der Waals surface area contributed by atoms with Crippen LogP contribution in [0.15, 0.2) is 46.3 Å². The van der Waals surface area contributed by atoms with Gasteiger partial charge in [-0.15, -0.1) is 11.3 Å². The minimum atomic E-state index is 0.414. The van der Waals surface area contributed by atoms with E-state index in [1.807, 2.05) is 11.3 Å². The lowest BCUT2D eigenvalue weighted by molar-refractivity contribution is 0.532. The normalized spacial score (nSPS) is 12.6. The molecule has 1 aromatic heterocycles. The molecule has 96 valence electrons. The molecule has 1 aromatic carbocycles. The lowest BCUT2D eigenvalue weighted by atomic mass is 10.0. The van der Waals surface area contributed by atoms with Crippen molar-refractivity contribution in [1.82, 2.24) is 5.32 Å². The van der Waals surface area contributed by atoms with E-state index in [4.69, 9.17) is 0 Å². The molecule has 0 bridgehead atoms. The van der Waals surface area contributed by atoms with Crippen LogP contribution in [0.5, 0.6) is 0 Å². The standard InChI is InChI=1S/C15H18BrNS/c1-2-9-17-15(11-14-4-3-10-18-14)12-5-7-13(16)8-6-12/h3-8,10,15,17H,2,9,11H2,1H3. The van der Waals surface area contributed by atoms with Crippen molar-refractivity contribution >= 4 is 27.3 Å². The van der Waals surface area contributed by atoms with E-state index in [-0.39, 0.29) is 0 Å². The van der Waals surface area contributed by atoms with Gasteiger partial charge in [0.1, 0.15) is 0 Å². The molecule has 1 unspecified atom stereocenters. The molecule has 1 atom stereocenters. The summed E-state index contributed by atoms with van der Waals surface area (Å²) < 4.78 is 1.14. The molecule has 0 saturated carbocycles. The fraction of sp³-hybridized carbons (Fsp3) is 0.333. The number of rotatable bonds is 6. The van der Waals surface area contributed by atoms with Gasteiger partial charge in [-0.05, 0) is 42.1 Å². The summed E-state index contributed by atoms with van der Waals surface area (Å²) in [4.78, 5) is 1.44. The second-order valence-electron chi connectivity index (χ2n) is 4.34. The van der Waals surface area contributed by atoms with Crippen LogP contribution in [0.3, 0.4) is 0 Å². The van der Waals surface area contributed by atoms with Gasteiger partial charge in [-0.3, -0.25) is 0 Å². The Morgan fingerprint density at radius 2 is 2.00 bits per heavy atom. The summed E-state index contributed by atoms with van der Waals surface area (Å²) in [6, 6.07) is 13.4. The molecule has 0 spiro atoms. The Balaban J connectivity index is 2.11. The van der Waals surface area contributed by atoms with Crippen molar-refractivity contribution in [3.63, 3.8) is 0 Å². The minimum absolute atomic E-state index is 0.414. The molecule has 0 fully saturated rings. The van der Waals surface area contributed by atoms with Crippen molar-refractivity contribution in [1.29, 1.82) is 0 Å². The third kappa shape index (κ3) is 3.94. The van der Waals surface area contributed by atoms with Crippen molar-refractivity contribution in [2.45, 2.75) is 25.8 Å². The molecule has 3 heteroatoms. The maximum absolute atomic E-state index is 3.63. The van der Waals surface area contributed by atoms with Gasteiger partial charge < -0.3 is 5.32 Å². The molecule has 0 amide bonds. The van der Waals surface area contributed by atoms with Crippen LogP contribution < -0.4 is 5.32 Å². The van der Waals surface area contributed by atoms with E-state index in [2.05, 4.69) is 69.9 Å². The molecule has 1 N–H and O–H groups in total. The summed E-state index contributed by atoms with van der Waals surface area (Å²) in [7, 11) is 0. The summed E-state index contributed by atoms with van der Waals surface area (Å²) in [6.45, 7) is 3.27. The summed E-state index contributed by atoms with van der Waals surface area (Å²) in [5, 5.41) is 5.78. The average Bonchev–Trinajstić information content (AvgIpc) is 2.88. The van der Waals surface area contributed by atoms with Crippen LogP contribution in [0.1, 0.15) is 29.8 Å². The number of benzene rings is 1. The quantitative estimate of drug-likeness (QED) is 0.805. The van der Waals surface area contributed by atoms with Crippen LogP contribution in [0, 0.1) is 0 Å². The fourth-order valence-corrected chi connectivity index (χ4v) is 2.97. The van der Waals surface area contributed by atoms with Gasteiger partial charge in [-0.25, -0.2) is 0 Å². The third-order valence-electron chi connectivity index (χ3n) is 2.90. The van der Waals surface area contributed by atoms with Crippen molar-refractivity contribution < 1.29 is 0 Å². The molecule has 0 aliphatic heterocycles. The summed E-state index contributed by atoms with van der Waals surface area (Å²) >= 11 is 5.32. The number of nitrogens with one attached hydrogen (secondary N) is 1. The Bertz CT molecular complexity index is 450. The Hall–Kier alpha value is -0.640. The van der Waals surface area contributed by atoms with Crippen LogP contribution in [0.2, 0.25) is 0 Å². The first-order chi connectivity index (χ1) is 8.79. The Labute approximate surface area is 121 Å². The first kappa shape index (κ1) is 13.8. The lowest BCUT2D eigenvalue weighted by Gasteiger charge is -2.18. The molecule has 0 saturated heterocycles. The number of thiophene rings is 1. The van der Waals surface area contributed by atoms with Gasteiger partial charge in [-0.2, -0.15) is 0 Å². The van der Waals surface area contributed by atoms with Gasteiger partial charge in [-0.1, -0.05) is 41.1 Å². The molecule has 1 heterocycles. The highest BCUT2D eigenvalue weighted by molar-refractivity contribution is 9.10. The van der Waals surface area contributed by atoms with E-state index in [0.29, 0.717) is 6.04 Å². The smallest absolute Gasteiger partial charge is 0.0368 e. The van der Waals surface area contributed by atoms with Crippen molar-refractivity contribution in [3.8, 4) is 0 Å². The summed E-state index contributed by atoms with van der Waals surface area (Å²) in [5.41, 5.74) is 1.36. The highest BCUT2D eigenvalue weighted by atomic mass is 79.9. The highest BCUT2D eigenvalue weighted by Crippen LogP contribution is 2.23. The van der Waals surface area contributed by atoms with Crippen molar-refractivity contribution in [3.05, 3.63) is 56.7 Å². The molecule has 2 aromatic rings. The zero-order valence-corrected chi connectivity index (χ0v) is 12.9. The van der Waals surface area contributed by atoms with Crippen molar-refractivity contribution in [2.75, 3.05) is 6.54 Å². The van der Waals surface area contributed by atoms with Crippen LogP contribution in [-0.4, -0.2) is 6.54 Å². The molecule has 18 heavy (non-hydrogen) atoms. The molecule has 1 nitrogen and oxygen atoms in total.